The van der Waals surface area contributed by atoms with Gasteiger partial charge < -0.3 is 37.9 Å². The molecule has 14 atom stereocenters. The van der Waals surface area contributed by atoms with Crippen molar-refractivity contribution in [3.8, 4) is 0 Å². The van der Waals surface area contributed by atoms with E-state index in [9.17, 15) is 4.79 Å². The molecule has 7 aliphatic heterocycles. The Kier molecular flexibility index (Phi) is 11.2. The lowest BCUT2D eigenvalue weighted by molar-refractivity contribution is -0.271. The van der Waals surface area contributed by atoms with Crippen LogP contribution in [0.5, 0.6) is 0 Å². The van der Waals surface area contributed by atoms with Crippen LogP contribution in [0.25, 0.3) is 0 Å². The molecule has 0 aromatic rings. The monoisotopic (exact) mass is 658 g/mol. The van der Waals surface area contributed by atoms with Crippen LogP contribution in [0, 0.1) is 11.8 Å². The summed E-state index contributed by atoms with van der Waals surface area (Å²) in [6, 6.07) is 0. The van der Waals surface area contributed by atoms with Crippen molar-refractivity contribution >= 4 is 5.78 Å². The molecule has 264 valence electrons. The number of carbonyl (C=O) groups excluding carboxylic acids is 1. The first kappa shape index (κ1) is 34.3. The first-order valence-electron chi connectivity index (χ1n) is 18.8. The molecule has 14 unspecified atom stereocenters. The van der Waals surface area contributed by atoms with E-state index in [1.165, 1.54) is 11.1 Å². The number of carbonyl (C=O) groups is 1. The lowest BCUT2D eigenvalue weighted by Gasteiger charge is -2.48. The Morgan fingerprint density at radius 1 is 0.809 bits per heavy atom. The van der Waals surface area contributed by atoms with Gasteiger partial charge in [-0.2, -0.15) is 0 Å². The molecule has 0 spiro atoms. The third-order valence-corrected chi connectivity index (χ3v) is 11.9. The zero-order valence-corrected chi connectivity index (χ0v) is 28.7. The molecule has 0 amide bonds. The summed E-state index contributed by atoms with van der Waals surface area (Å²) in [6.45, 7) is 15.9. The van der Waals surface area contributed by atoms with E-state index in [-0.39, 0.29) is 79.0 Å². The van der Waals surface area contributed by atoms with Gasteiger partial charge in [-0.25, -0.2) is 0 Å². The number of fused-ring (bicyclic) bond motifs is 4. The van der Waals surface area contributed by atoms with Crippen molar-refractivity contribution < 1.29 is 42.7 Å². The Hall–Kier alpha value is -1.17. The molecular weight excluding hydrogens is 600 g/mol. The van der Waals surface area contributed by atoms with Gasteiger partial charge in [0.1, 0.15) is 36.3 Å². The predicted octanol–water partition coefficient (Wildman–Crippen LogP) is 5.66. The molecule has 0 bridgehead atoms. The van der Waals surface area contributed by atoms with Gasteiger partial charge in [0, 0.05) is 39.3 Å². The molecule has 47 heavy (non-hydrogen) atoms. The summed E-state index contributed by atoms with van der Waals surface area (Å²) in [6.07, 6.45) is 10.9. The largest absolute Gasteiger partial charge is 0.381 e. The number of Topliss-reactive ketones (excluding diaryl/α,β-unsaturated/α-hetero) is 1. The second-order valence-corrected chi connectivity index (χ2v) is 15.4. The van der Waals surface area contributed by atoms with Crippen LogP contribution in [0.2, 0.25) is 0 Å². The van der Waals surface area contributed by atoms with Crippen LogP contribution in [0.1, 0.15) is 97.3 Å². The first-order valence-corrected chi connectivity index (χ1v) is 18.8. The molecule has 0 saturated carbocycles. The highest BCUT2D eigenvalue weighted by Crippen LogP contribution is 2.44. The predicted molar refractivity (Wildman–Crippen MR) is 175 cm³/mol. The van der Waals surface area contributed by atoms with Crippen LogP contribution in [-0.2, 0) is 42.7 Å². The van der Waals surface area contributed by atoms with E-state index >= 15 is 0 Å². The molecule has 7 heterocycles. The fourth-order valence-electron chi connectivity index (χ4n) is 9.28. The Balaban J connectivity index is 0.896. The average Bonchev–Trinajstić information content (AvgIpc) is 3.86. The van der Waals surface area contributed by atoms with Gasteiger partial charge in [-0.05, 0) is 93.6 Å². The smallest absolute Gasteiger partial charge is 0.135 e. The lowest BCUT2D eigenvalue weighted by Crippen LogP contribution is -2.62. The fraction of sp³-hybridized carbons (Fsp3) is 0.868. The highest BCUT2D eigenvalue weighted by Gasteiger charge is 2.59. The maximum Gasteiger partial charge on any atom is 0.135 e. The van der Waals surface area contributed by atoms with E-state index in [0.717, 1.165) is 77.2 Å². The van der Waals surface area contributed by atoms with Gasteiger partial charge in [0.15, 0.2) is 0 Å². The van der Waals surface area contributed by atoms with Crippen LogP contribution < -0.4 is 0 Å². The Morgan fingerprint density at radius 3 is 2.47 bits per heavy atom. The van der Waals surface area contributed by atoms with Crippen LogP contribution in [-0.4, -0.2) is 105 Å². The molecule has 0 aliphatic carbocycles. The van der Waals surface area contributed by atoms with Crippen LogP contribution >= 0.6 is 0 Å². The van der Waals surface area contributed by atoms with Gasteiger partial charge in [-0.1, -0.05) is 27.0 Å². The summed E-state index contributed by atoms with van der Waals surface area (Å²) in [7, 11) is 0. The van der Waals surface area contributed by atoms with Gasteiger partial charge >= 0.3 is 0 Å². The van der Waals surface area contributed by atoms with E-state index in [4.69, 9.17) is 37.9 Å². The molecule has 0 aromatic heterocycles. The second kappa shape index (κ2) is 15.4. The van der Waals surface area contributed by atoms with Crippen molar-refractivity contribution in [1.82, 2.24) is 0 Å². The average molecular weight is 659 g/mol. The Bertz CT molecular complexity index is 1100. The normalized spacial score (nSPS) is 44.8. The summed E-state index contributed by atoms with van der Waals surface area (Å²) in [5, 5.41) is 0. The minimum absolute atomic E-state index is 0.0382. The molecule has 0 aromatic carbocycles. The summed E-state index contributed by atoms with van der Waals surface area (Å²) in [4.78, 5) is 12.9. The number of hydrogen-bond acceptors (Lipinski definition) is 9. The van der Waals surface area contributed by atoms with E-state index in [1.807, 2.05) is 0 Å². The van der Waals surface area contributed by atoms with Crippen molar-refractivity contribution in [3.05, 3.63) is 24.3 Å². The van der Waals surface area contributed by atoms with Crippen molar-refractivity contribution in [2.24, 2.45) is 11.8 Å². The number of ether oxygens (including phenoxy) is 8. The molecule has 7 aliphatic rings. The van der Waals surface area contributed by atoms with Gasteiger partial charge in [-0.3, -0.25) is 4.79 Å². The standard InChI is InChI=1S/C38H58O9/c1-5-30-24(4)22(2)17-28(43-30)8-10-31-23(3)18-27(44-31)7-6-14-41-36-35-32(46-37-34-33(13-16-42-34)47-38(36)37)11-9-29(45-35)20-26(39)19-25-12-15-40-21-25/h22,25,27-38H,3-21H2,1-2H3. The summed E-state index contributed by atoms with van der Waals surface area (Å²) in [5.41, 5.74) is 2.44. The number of ketones is 1. The van der Waals surface area contributed by atoms with Gasteiger partial charge in [-0.15, -0.1) is 0 Å². The van der Waals surface area contributed by atoms with Crippen molar-refractivity contribution in [2.45, 2.75) is 171 Å². The maximum atomic E-state index is 12.9. The minimum Gasteiger partial charge on any atom is -0.381 e. The van der Waals surface area contributed by atoms with Crippen LogP contribution in [0.4, 0.5) is 0 Å². The van der Waals surface area contributed by atoms with Gasteiger partial charge in [0.05, 0.1) is 42.7 Å². The summed E-state index contributed by atoms with van der Waals surface area (Å²) in [5.74, 6) is 1.12. The van der Waals surface area contributed by atoms with E-state index in [0.29, 0.717) is 44.5 Å². The zero-order valence-electron chi connectivity index (χ0n) is 28.7. The molecule has 7 saturated heterocycles. The quantitative estimate of drug-likeness (QED) is 0.184. The van der Waals surface area contributed by atoms with Gasteiger partial charge in [0.2, 0.25) is 0 Å². The lowest BCUT2D eigenvalue weighted by atomic mass is 9.86. The summed E-state index contributed by atoms with van der Waals surface area (Å²) < 4.78 is 50.9. The zero-order chi connectivity index (χ0) is 32.5. The molecule has 0 radical (unpaired) electrons. The number of rotatable bonds is 13. The van der Waals surface area contributed by atoms with Crippen LogP contribution in [0.3, 0.4) is 0 Å². The van der Waals surface area contributed by atoms with Crippen molar-refractivity contribution in [3.63, 3.8) is 0 Å². The van der Waals surface area contributed by atoms with E-state index < -0.39 is 0 Å². The highest BCUT2D eigenvalue weighted by molar-refractivity contribution is 5.79. The molecule has 9 nitrogen and oxygen atoms in total. The van der Waals surface area contributed by atoms with Crippen molar-refractivity contribution in [2.75, 3.05) is 26.4 Å². The topological polar surface area (TPSA) is 90.9 Å². The Labute approximate surface area is 281 Å². The molecule has 9 heteroatoms. The third kappa shape index (κ3) is 7.78. The molecule has 7 fully saturated rings. The fourth-order valence-corrected chi connectivity index (χ4v) is 9.28. The molecule has 7 rings (SSSR count). The third-order valence-electron chi connectivity index (χ3n) is 11.9. The van der Waals surface area contributed by atoms with E-state index in [1.54, 1.807) is 0 Å². The first-order chi connectivity index (χ1) is 22.9. The van der Waals surface area contributed by atoms with E-state index in [2.05, 4.69) is 27.0 Å². The molecular formula is C38H58O9. The number of hydrogen-bond donors (Lipinski definition) is 0. The Morgan fingerprint density at radius 2 is 1.64 bits per heavy atom. The van der Waals surface area contributed by atoms with Gasteiger partial charge in [0.25, 0.3) is 0 Å². The van der Waals surface area contributed by atoms with Crippen molar-refractivity contribution in [1.29, 1.82) is 0 Å². The summed E-state index contributed by atoms with van der Waals surface area (Å²) >= 11 is 0. The second-order valence-electron chi connectivity index (χ2n) is 15.4. The molecule has 0 N–H and O–H groups in total. The maximum absolute atomic E-state index is 12.9. The highest BCUT2D eigenvalue weighted by atomic mass is 16.7. The SMILES string of the molecule is C=C1CC(CCCOC2C3OC(CC(=O)CC4CCOC4)CCC3OC3C4OCCC4OC23)OC1CCC1CC(C)C(=C)C(CC)O1. The van der Waals surface area contributed by atoms with Crippen LogP contribution in [0.15, 0.2) is 24.3 Å². The minimum atomic E-state index is -0.252.